The van der Waals surface area contributed by atoms with E-state index in [1.807, 2.05) is 0 Å². The molecule has 2 fully saturated rings. The molecule has 10 nitrogen and oxygen atoms in total. The summed E-state index contributed by atoms with van der Waals surface area (Å²) in [5, 5.41) is 33.5. The van der Waals surface area contributed by atoms with Crippen molar-refractivity contribution in [1.29, 1.82) is 0 Å². The predicted octanol–water partition coefficient (Wildman–Crippen LogP) is -0.591. The minimum atomic E-state index is -1.44. The Kier molecular flexibility index (Phi) is 6.62. The molecule has 0 saturated carbocycles. The van der Waals surface area contributed by atoms with Crippen LogP contribution in [0.1, 0.15) is 40.0 Å². The normalized spacial score (nSPS) is 26.7. The first-order valence-electron chi connectivity index (χ1n) is 9.50. The largest absolute Gasteiger partial charge is 0.480 e. The minimum Gasteiger partial charge on any atom is -0.480 e. The number of rotatable bonds is 7. The van der Waals surface area contributed by atoms with Crippen LogP contribution in [0.15, 0.2) is 0 Å². The number of aliphatic carboxylic acids is 1. The molecule has 0 aromatic rings. The van der Waals surface area contributed by atoms with E-state index in [1.165, 1.54) is 4.90 Å². The van der Waals surface area contributed by atoms with Gasteiger partial charge in [0.25, 0.3) is 0 Å². The van der Waals surface area contributed by atoms with Gasteiger partial charge in [-0.3, -0.25) is 14.9 Å². The Morgan fingerprint density at radius 2 is 1.93 bits per heavy atom. The van der Waals surface area contributed by atoms with Crippen molar-refractivity contribution in [3.8, 4) is 0 Å². The monoisotopic (exact) mass is 399 g/mol. The lowest BCUT2D eigenvalue weighted by molar-refractivity contribution is -0.147. The van der Waals surface area contributed by atoms with Gasteiger partial charge in [0.2, 0.25) is 5.91 Å². The van der Waals surface area contributed by atoms with Crippen molar-refractivity contribution in [2.24, 2.45) is 5.41 Å². The fourth-order valence-electron chi connectivity index (χ4n) is 4.22. The number of likely N-dealkylation sites (tertiary alicyclic amines) is 1. The van der Waals surface area contributed by atoms with E-state index < -0.39 is 35.7 Å². The van der Waals surface area contributed by atoms with Crippen molar-refractivity contribution < 1.29 is 34.3 Å². The molecule has 2 aliphatic rings. The number of carboxylic acid groups (broad SMARTS) is 1. The van der Waals surface area contributed by atoms with E-state index >= 15 is 0 Å². The Morgan fingerprint density at radius 3 is 2.50 bits per heavy atom. The van der Waals surface area contributed by atoms with Gasteiger partial charge in [0.1, 0.15) is 17.7 Å². The van der Waals surface area contributed by atoms with Gasteiger partial charge in [0, 0.05) is 12.0 Å². The van der Waals surface area contributed by atoms with Crippen molar-refractivity contribution in [2.75, 3.05) is 26.2 Å². The van der Waals surface area contributed by atoms with E-state index in [0.717, 1.165) is 0 Å². The molecule has 28 heavy (non-hydrogen) atoms. The molecule has 0 bridgehead atoms. The fraction of sp³-hybridized carbons (Fsp3) is 0.824. The molecule has 2 heterocycles. The van der Waals surface area contributed by atoms with E-state index in [9.17, 15) is 19.5 Å². The van der Waals surface area contributed by atoms with Gasteiger partial charge >= 0.3 is 19.2 Å². The van der Waals surface area contributed by atoms with Gasteiger partial charge in [0.05, 0.1) is 6.54 Å². The van der Waals surface area contributed by atoms with Gasteiger partial charge in [-0.25, -0.2) is 4.79 Å². The topological polar surface area (TPSA) is 148 Å². The van der Waals surface area contributed by atoms with Crippen molar-refractivity contribution in [3.63, 3.8) is 0 Å². The van der Waals surface area contributed by atoms with Crippen LogP contribution in [0, 0.1) is 5.41 Å². The van der Waals surface area contributed by atoms with Crippen LogP contribution in [0.2, 0.25) is 6.32 Å². The van der Waals surface area contributed by atoms with E-state index in [4.69, 9.17) is 14.8 Å². The third-order valence-corrected chi connectivity index (χ3v) is 5.48. The zero-order valence-corrected chi connectivity index (χ0v) is 16.7. The minimum absolute atomic E-state index is 0.00115. The van der Waals surface area contributed by atoms with E-state index in [-0.39, 0.29) is 31.9 Å². The second-order valence-electron chi connectivity index (χ2n) is 8.65. The molecule has 2 amide bonds. The lowest BCUT2D eigenvalue weighted by Crippen LogP contribution is -2.58. The SMILES string of the molecule is CC(C)(C)OC(=O)NCC(=O)N1C[C@@]2(CCCB(O)O)CCN[C@@]2(C(=O)O)C1. The summed E-state index contributed by atoms with van der Waals surface area (Å²) in [7, 11) is -1.44. The molecule has 2 atom stereocenters. The van der Waals surface area contributed by atoms with Crippen LogP contribution in [0.3, 0.4) is 0 Å². The molecule has 0 aromatic heterocycles. The number of ether oxygens (including phenoxy) is 1. The maximum atomic E-state index is 12.6. The highest BCUT2D eigenvalue weighted by Gasteiger charge is 2.65. The Balaban J connectivity index is 2.05. The summed E-state index contributed by atoms with van der Waals surface area (Å²) >= 11 is 0. The maximum absolute atomic E-state index is 12.6. The zero-order chi connectivity index (χ0) is 21.2. The molecule has 0 aliphatic carbocycles. The highest BCUT2D eigenvalue weighted by molar-refractivity contribution is 6.40. The van der Waals surface area contributed by atoms with Crippen LogP contribution in [0.4, 0.5) is 4.79 Å². The third kappa shape index (κ3) is 4.76. The van der Waals surface area contributed by atoms with Crippen LogP contribution in [0.5, 0.6) is 0 Å². The number of nitrogens with zero attached hydrogens (tertiary/aromatic N) is 1. The second kappa shape index (κ2) is 8.26. The molecule has 0 aromatic carbocycles. The molecule has 2 saturated heterocycles. The molecule has 0 spiro atoms. The molecule has 11 heteroatoms. The number of amides is 2. The third-order valence-electron chi connectivity index (χ3n) is 5.48. The Labute approximate surface area is 164 Å². The van der Waals surface area contributed by atoms with Crippen LogP contribution < -0.4 is 10.6 Å². The fourth-order valence-corrected chi connectivity index (χ4v) is 4.22. The van der Waals surface area contributed by atoms with Crippen LogP contribution in [-0.2, 0) is 14.3 Å². The van der Waals surface area contributed by atoms with Gasteiger partial charge in [-0.2, -0.15) is 0 Å². The summed E-state index contributed by atoms with van der Waals surface area (Å²) in [6.45, 7) is 5.62. The average Bonchev–Trinajstić information content (AvgIpc) is 3.04. The van der Waals surface area contributed by atoms with Gasteiger partial charge < -0.3 is 30.1 Å². The predicted molar refractivity (Wildman–Crippen MR) is 100 cm³/mol. The van der Waals surface area contributed by atoms with Crippen molar-refractivity contribution in [3.05, 3.63) is 0 Å². The average molecular weight is 399 g/mol. The lowest BCUT2D eigenvalue weighted by Gasteiger charge is -2.35. The number of carbonyl (C=O) groups is 3. The number of hydrogen-bond donors (Lipinski definition) is 5. The van der Waals surface area contributed by atoms with E-state index in [1.54, 1.807) is 20.8 Å². The summed E-state index contributed by atoms with van der Waals surface area (Å²) < 4.78 is 5.10. The number of carbonyl (C=O) groups excluding carboxylic acids is 2. The molecule has 2 aliphatic heterocycles. The van der Waals surface area contributed by atoms with Crippen molar-refractivity contribution in [1.82, 2.24) is 15.5 Å². The summed E-state index contributed by atoms with van der Waals surface area (Å²) in [5.41, 5.74) is -2.64. The summed E-state index contributed by atoms with van der Waals surface area (Å²) in [6.07, 6.45) is 0.896. The van der Waals surface area contributed by atoms with E-state index in [0.29, 0.717) is 25.8 Å². The molecular formula is C17H30BN3O7. The van der Waals surface area contributed by atoms with Gasteiger partial charge in [-0.05, 0) is 46.5 Å². The number of fused-ring (bicyclic) bond motifs is 1. The molecular weight excluding hydrogens is 369 g/mol. The van der Waals surface area contributed by atoms with Gasteiger partial charge in [-0.1, -0.05) is 6.42 Å². The van der Waals surface area contributed by atoms with Crippen molar-refractivity contribution in [2.45, 2.75) is 57.5 Å². The Hall–Kier alpha value is -1.85. The van der Waals surface area contributed by atoms with Crippen LogP contribution in [-0.4, -0.2) is 82.5 Å². The molecule has 5 N–H and O–H groups in total. The number of carboxylic acids is 1. The maximum Gasteiger partial charge on any atom is 0.451 e. The number of alkyl carbamates (subject to hydrolysis) is 1. The number of nitrogens with one attached hydrogen (secondary N) is 2. The van der Waals surface area contributed by atoms with Crippen LogP contribution in [0.25, 0.3) is 0 Å². The Bertz CT molecular complexity index is 624. The molecule has 2 rings (SSSR count). The first-order valence-corrected chi connectivity index (χ1v) is 9.50. The quantitative estimate of drug-likeness (QED) is 0.357. The summed E-state index contributed by atoms with van der Waals surface area (Å²) in [4.78, 5) is 37.9. The smallest absolute Gasteiger partial charge is 0.451 e. The van der Waals surface area contributed by atoms with E-state index in [2.05, 4.69) is 10.6 Å². The standard InChI is InChI=1S/C17H30BN3O7/c1-15(2,3)28-14(25)19-9-12(22)21-10-16(5-4-7-18(26)27)6-8-20-17(16,11-21)13(23)24/h20,26-27H,4-11H2,1-3H3,(H,19,25)(H,23,24)/t16-,17-/m1/s1. The summed E-state index contributed by atoms with van der Waals surface area (Å²) in [5.74, 6) is -1.41. The lowest BCUT2D eigenvalue weighted by atomic mass is 9.68. The first kappa shape index (κ1) is 22.4. The summed E-state index contributed by atoms with van der Waals surface area (Å²) in [6, 6.07) is 0. The highest BCUT2D eigenvalue weighted by atomic mass is 16.6. The van der Waals surface area contributed by atoms with Crippen LogP contribution >= 0.6 is 0 Å². The van der Waals surface area contributed by atoms with Crippen molar-refractivity contribution >= 4 is 25.1 Å². The molecule has 0 unspecified atom stereocenters. The molecule has 0 radical (unpaired) electrons. The number of hydrogen-bond acceptors (Lipinski definition) is 7. The first-order chi connectivity index (χ1) is 12.9. The molecule has 158 valence electrons. The van der Waals surface area contributed by atoms with Gasteiger partial charge in [-0.15, -0.1) is 0 Å². The zero-order valence-electron chi connectivity index (χ0n) is 16.7. The van der Waals surface area contributed by atoms with Gasteiger partial charge in [0.15, 0.2) is 0 Å². The second-order valence-corrected chi connectivity index (χ2v) is 8.65. The highest BCUT2D eigenvalue weighted by Crippen LogP contribution is 2.49. The Morgan fingerprint density at radius 1 is 1.25 bits per heavy atom.